The van der Waals surface area contributed by atoms with Gasteiger partial charge in [-0.1, -0.05) is 16.8 Å². The van der Waals surface area contributed by atoms with Crippen molar-refractivity contribution in [1.29, 1.82) is 0 Å². The van der Waals surface area contributed by atoms with E-state index in [0.717, 1.165) is 17.0 Å². The topological polar surface area (TPSA) is 94.4 Å². The number of nitrogens with zero attached hydrogens (tertiary/aromatic N) is 4. The molecule has 0 saturated carbocycles. The Bertz CT molecular complexity index is 980. The van der Waals surface area contributed by atoms with Crippen LogP contribution in [0.4, 0.5) is 15.8 Å². The third-order valence-corrected chi connectivity index (χ3v) is 4.63. The molecule has 1 saturated heterocycles. The second kappa shape index (κ2) is 7.01. The van der Waals surface area contributed by atoms with Gasteiger partial charge < -0.3 is 5.32 Å². The molecule has 1 fully saturated rings. The van der Waals surface area contributed by atoms with Gasteiger partial charge in [-0.3, -0.25) is 19.4 Å². The number of carbonyl (C=O) groups is 3. The second-order valence-corrected chi connectivity index (χ2v) is 6.67. The molecule has 2 aromatic rings. The van der Waals surface area contributed by atoms with Crippen LogP contribution >= 0.6 is 11.6 Å². The van der Waals surface area contributed by atoms with Crippen molar-refractivity contribution in [1.82, 2.24) is 5.01 Å². The molecule has 0 aliphatic carbocycles. The molecule has 0 bridgehead atoms. The Kier molecular flexibility index (Phi) is 4.52. The number of benzene rings is 2. The normalized spacial score (nSPS) is 20.6. The summed E-state index contributed by atoms with van der Waals surface area (Å²) in [5.41, 5.74) is 0.774. The first-order valence-corrected chi connectivity index (χ1v) is 8.68. The van der Waals surface area contributed by atoms with E-state index in [2.05, 4.69) is 15.7 Å². The Balaban J connectivity index is 1.48. The van der Waals surface area contributed by atoms with Gasteiger partial charge in [0.1, 0.15) is 12.4 Å². The van der Waals surface area contributed by atoms with Crippen molar-refractivity contribution in [2.24, 2.45) is 10.3 Å². The summed E-state index contributed by atoms with van der Waals surface area (Å²) in [4.78, 5) is 38.6. The molecule has 2 aromatic carbocycles. The second-order valence-electron chi connectivity index (χ2n) is 6.24. The zero-order valence-corrected chi connectivity index (χ0v) is 15.0. The van der Waals surface area contributed by atoms with E-state index in [1.807, 2.05) is 0 Å². The van der Waals surface area contributed by atoms with Crippen LogP contribution in [0.15, 0.2) is 58.9 Å². The summed E-state index contributed by atoms with van der Waals surface area (Å²) in [6.07, 6.45) is 0. The summed E-state index contributed by atoms with van der Waals surface area (Å²) in [6, 6.07) is 9.47. The third kappa shape index (κ3) is 3.20. The summed E-state index contributed by atoms with van der Waals surface area (Å²) in [7, 11) is 0. The number of amides is 3. The molecule has 0 spiro atoms. The molecule has 3 amide bonds. The van der Waals surface area contributed by atoms with Crippen molar-refractivity contribution in [3.8, 4) is 0 Å². The molecule has 28 heavy (non-hydrogen) atoms. The fraction of sp³-hybridized carbons (Fsp3) is 0.167. The molecule has 2 unspecified atom stereocenters. The molecular formula is C18H13ClFN5O3. The Morgan fingerprint density at radius 3 is 2.43 bits per heavy atom. The Morgan fingerprint density at radius 1 is 1.07 bits per heavy atom. The average molecular weight is 402 g/mol. The minimum Gasteiger partial charge on any atom is -0.324 e. The average Bonchev–Trinajstić information content (AvgIpc) is 3.18. The number of anilines is 2. The van der Waals surface area contributed by atoms with E-state index in [0.29, 0.717) is 10.7 Å². The van der Waals surface area contributed by atoms with Crippen LogP contribution in [0.3, 0.4) is 0 Å². The van der Waals surface area contributed by atoms with Crippen LogP contribution in [-0.4, -0.2) is 41.4 Å². The first-order valence-electron chi connectivity index (χ1n) is 8.30. The number of carbonyl (C=O) groups excluding carboxylic acids is 3. The minimum absolute atomic E-state index is 0.242. The van der Waals surface area contributed by atoms with Crippen molar-refractivity contribution in [3.63, 3.8) is 0 Å². The first-order chi connectivity index (χ1) is 13.4. The van der Waals surface area contributed by atoms with E-state index in [-0.39, 0.29) is 12.2 Å². The largest absolute Gasteiger partial charge is 0.324 e. The van der Waals surface area contributed by atoms with Crippen molar-refractivity contribution < 1.29 is 18.8 Å². The number of nitrogens with one attached hydrogen (secondary N) is 1. The quantitative estimate of drug-likeness (QED) is 0.796. The summed E-state index contributed by atoms with van der Waals surface area (Å²) in [6.45, 7) is -0.260. The predicted molar refractivity (Wildman–Crippen MR) is 98.1 cm³/mol. The Hall–Kier alpha value is -3.33. The number of fused-ring (bicyclic) bond motifs is 1. The summed E-state index contributed by atoms with van der Waals surface area (Å²) in [5.74, 6) is -2.04. The molecule has 0 aromatic heterocycles. The molecule has 10 heteroatoms. The van der Waals surface area contributed by atoms with Crippen LogP contribution in [0.1, 0.15) is 0 Å². The van der Waals surface area contributed by atoms with Gasteiger partial charge in [0.25, 0.3) is 11.8 Å². The van der Waals surface area contributed by atoms with Gasteiger partial charge >= 0.3 is 0 Å². The molecule has 2 aliphatic heterocycles. The smallest absolute Gasteiger partial charge is 0.263 e. The van der Waals surface area contributed by atoms with Gasteiger partial charge in [0, 0.05) is 10.7 Å². The van der Waals surface area contributed by atoms with E-state index >= 15 is 0 Å². The molecule has 2 atom stereocenters. The molecule has 4 rings (SSSR count). The maximum Gasteiger partial charge on any atom is 0.263 e. The number of hydrogen-bond acceptors (Lipinski definition) is 6. The van der Waals surface area contributed by atoms with Gasteiger partial charge in [0.15, 0.2) is 12.1 Å². The van der Waals surface area contributed by atoms with E-state index in [1.165, 1.54) is 17.1 Å². The van der Waals surface area contributed by atoms with Gasteiger partial charge in [-0.25, -0.2) is 9.29 Å². The maximum absolute atomic E-state index is 13.1. The highest BCUT2D eigenvalue weighted by molar-refractivity contribution is 6.30. The monoisotopic (exact) mass is 401 g/mol. The van der Waals surface area contributed by atoms with Crippen LogP contribution in [0, 0.1) is 5.82 Å². The number of hydrogen-bond donors (Lipinski definition) is 1. The molecule has 2 heterocycles. The van der Waals surface area contributed by atoms with Crippen LogP contribution < -0.4 is 10.2 Å². The molecule has 0 radical (unpaired) electrons. The lowest BCUT2D eigenvalue weighted by atomic mass is 10.1. The summed E-state index contributed by atoms with van der Waals surface area (Å²) >= 11 is 5.81. The molecular weight excluding hydrogens is 389 g/mol. The van der Waals surface area contributed by atoms with Gasteiger partial charge in [-0.15, -0.1) is 0 Å². The maximum atomic E-state index is 13.1. The standard InChI is InChI=1S/C18H13ClFN5O3/c19-10-1-5-12(6-2-10)21-14(26)9-24-16-15(22-23-24)17(27)25(18(16)28)13-7-3-11(20)4-8-13/h1-8,15-16H,9H2,(H,21,26). The van der Waals surface area contributed by atoms with E-state index < -0.39 is 35.6 Å². The van der Waals surface area contributed by atoms with Crippen LogP contribution in [0.5, 0.6) is 0 Å². The number of halogens is 2. The number of rotatable bonds is 4. The minimum atomic E-state index is -1.03. The van der Waals surface area contributed by atoms with Crippen molar-refractivity contribution in [3.05, 3.63) is 59.4 Å². The van der Waals surface area contributed by atoms with Crippen molar-refractivity contribution in [2.45, 2.75) is 12.1 Å². The highest BCUT2D eigenvalue weighted by Crippen LogP contribution is 2.31. The van der Waals surface area contributed by atoms with E-state index in [4.69, 9.17) is 11.6 Å². The van der Waals surface area contributed by atoms with Gasteiger partial charge in [-0.2, -0.15) is 5.11 Å². The summed E-state index contributed by atoms with van der Waals surface area (Å²) in [5, 5.41) is 12.0. The van der Waals surface area contributed by atoms with E-state index in [9.17, 15) is 18.8 Å². The zero-order chi connectivity index (χ0) is 19.8. The molecule has 8 nitrogen and oxygen atoms in total. The zero-order valence-electron chi connectivity index (χ0n) is 14.3. The predicted octanol–water partition coefficient (Wildman–Crippen LogP) is 2.41. The molecule has 1 N–H and O–H groups in total. The highest BCUT2D eigenvalue weighted by atomic mass is 35.5. The highest BCUT2D eigenvalue weighted by Gasteiger charge is 2.55. The third-order valence-electron chi connectivity index (χ3n) is 4.38. The first kappa shape index (κ1) is 18.1. The van der Waals surface area contributed by atoms with Crippen LogP contribution in [0.25, 0.3) is 0 Å². The van der Waals surface area contributed by atoms with Gasteiger partial charge in [-0.05, 0) is 48.5 Å². The number of imide groups is 1. The van der Waals surface area contributed by atoms with Crippen molar-refractivity contribution >= 4 is 40.7 Å². The SMILES string of the molecule is O=C(CN1N=NC2C(=O)N(c3ccc(F)cc3)C(=O)C21)Nc1ccc(Cl)cc1. The molecule has 2 aliphatic rings. The lowest BCUT2D eigenvalue weighted by molar-refractivity contribution is -0.123. The fourth-order valence-corrected chi connectivity index (χ4v) is 3.21. The lowest BCUT2D eigenvalue weighted by Gasteiger charge is -2.20. The fourth-order valence-electron chi connectivity index (χ4n) is 3.08. The lowest BCUT2D eigenvalue weighted by Crippen LogP contribution is -2.43. The van der Waals surface area contributed by atoms with Gasteiger partial charge in [0.05, 0.1) is 5.69 Å². The van der Waals surface area contributed by atoms with Gasteiger partial charge in [0.2, 0.25) is 5.91 Å². The summed E-state index contributed by atoms with van der Waals surface area (Å²) < 4.78 is 13.1. The van der Waals surface area contributed by atoms with Crippen molar-refractivity contribution in [2.75, 3.05) is 16.8 Å². The van der Waals surface area contributed by atoms with E-state index in [1.54, 1.807) is 24.3 Å². The molecule has 142 valence electrons. The van der Waals surface area contributed by atoms with Crippen LogP contribution in [-0.2, 0) is 14.4 Å². The Labute approximate surface area is 163 Å². The van der Waals surface area contributed by atoms with Crippen LogP contribution in [0.2, 0.25) is 5.02 Å². The Morgan fingerprint density at radius 2 is 1.75 bits per heavy atom.